The van der Waals surface area contributed by atoms with Gasteiger partial charge in [-0.1, -0.05) is 0 Å². The minimum absolute atomic E-state index is 0. The van der Waals surface area contributed by atoms with E-state index in [0.717, 1.165) is 13.1 Å². The van der Waals surface area contributed by atoms with Gasteiger partial charge in [0.05, 0.1) is 6.54 Å². The molecule has 6 N–H and O–H groups in total. The summed E-state index contributed by atoms with van der Waals surface area (Å²) < 4.78 is 0. The first kappa shape index (κ1) is 16.7. The molecule has 2 saturated heterocycles. The predicted octanol–water partition coefficient (Wildman–Crippen LogP) is -3.52. The lowest BCUT2D eigenvalue weighted by Gasteiger charge is -2.26. The van der Waals surface area contributed by atoms with Crippen LogP contribution in [0.2, 0.25) is 0 Å². The van der Waals surface area contributed by atoms with Crippen LogP contribution in [-0.2, 0) is 4.79 Å². The molecule has 2 heterocycles. The van der Waals surface area contributed by atoms with Gasteiger partial charge in [0, 0.05) is 31.9 Å². The average Bonchev–Trinajstić information content (AvgIpc) is 2.49. The Morgan fingerprint density at radius 2 is 1.87 bits per heavy atom. The Hall–Kier alpha value is -0.690. The van der Waals surface area contributed by atoms with E-state index in [0.29, 0.717) is 0 Å². The van der Waals surface area contributed by atoms with Gasteiger partial charge in [0.2, 0.25) is 0 Å². The lowest BCUT2D eigenvalue weighted by atomic mass is 10.2. The third-order valence-corrected chi connectivity index (χ3v) is 2.50. The van der Waals surface area contributed by atoms with Crippen LogP contribution in [0, 0.1) is 0 Å². The number of nitrogens with zero attached hydrogens (tertiary/aromatic N) is 1. The number of carbonyl (C=O) groups is 1. The van der Waals surface area contributed by atoms with Crippen molar-refractivity contribution in [2.75, 3.05) is 19.6 Å². The Morgan fingerprint density at radius 3 is 2.40 bits per heavy atom. The Labute approximate surface area is 89.9 Å². The minimum atomic E-state index is -1.08. The highest BCUT2D eigenvalue weighted by atomic mass is 16.4. The van der Waals surface area contributed by atoms with Crippen molar-refractivity contribution in [2.45, 2.75) is 32.4 Å². The van der Waals surface area contributed by atoms with E-state index in [4.69, 9.17) is 9.90 Å². The monoisotopic (exact) mass is 222 g/mol. The van der Waals surface area contributed by atoms with E-state index in [1.807, 2.05) is 0 Å². The van der Waals surface area contributed by atoms with E-state index in [1.165, 1.54) is 38.9 Å². The standard InChI is InChI=1S/C7H14N2.C2H4O2.2H2O/c1-3-7-8-4-2-6-9(7)5-1;1-2(3)4;;/h7-8H,1-6H2;1H3,(H,3,4);2*1H2. The number of nitrogens with two attached hydrogens (primary N) is 1. The van der Waals surface area contributed by atoms with Crippen molar-refractivity contribution in [3.8, 4) is 0 Å². The van der Waals surface area contributed by atoms with Gasteiger partial charge in [-0.3, -0.25) is 4.90 Å². The first-order valence-corrected chi connectivity index (χ1v) is 4.95. The Bertz CT molecular complexity index is 161. The van der Waals surface area contributed by atoms with Crippen LogP contribution >= 0.6 is 0 Å². The summed E-state index contributed by atoms with van der Waals surface area (Å²) in [5.74, 6) is -1.08. The van der Waals surface area contributed by atoms with E-state index in [1.54, 1.807) is 0 Å². The normalized spacial score (nSPS) is 23.7. The Morgan fingerprint density at radius 1 is 1.33 bits per heavy atom. The second kappa shape index (κ2) is 8.60. The fourth-order valence-corrected chi connectivity index (χ4v) is 2.00. The van der Waals surface area contributed by atoms with Crippen molar-refractivity contribution in [1.82, 2.24) is 4.90 Å². The van der Waals surface area contributed by atoms with Gasteiger partial charge in [-0.25, -0.2) is 0 Å². The number of carboxylic acids is 1. The molecule has 0 spiro atoms. The lowest BCUT2D eigenvalue weighted by Crippen LogP contribution is -2.94. The number of hydrogen-bond acceptors (Lipinski definition) is 3. The number of carbonyl (C=O) groups excluding carboxylic acids is 1. The predicted molar refractivity (Wildman–Crippen MR) is 53.9 cm³/mol. The smallest absolute Gasteiger partial charge is 0.142 e. The largest absolute Gasteiger partial charge is 0.550 e. The van der Waals surface area contributed by atoms with Crippen LogP contribution in [0.15, 0.2) is 0 Å². The average molecular weight is 222 g/mol. The maximum atomic E-state index is 8.89. The maximum Gasteiger partial charge on any atom is 0.142 e. The van der Waals surface area contributed by atoms with Crippen molar-refractivity contribution in [3.63, 3.8) is 0 Å². The lowest BCUT2D eigenvalue weighted by molar-refractivity contribution is -0.715. The van der Waals surface area contributed by atoms with E-state index in [2.05, 4.69) is 10.2 Å². The molecule has 1 unspecified atom stereocenters. The SMILES string of the molecule is C1C[NH2+]C2CCCN2C1.CC(=O)[O-].O.O. The van der Waals surface area contributed by atoms with E-state index in [9.17, 15) is 0 Å². The summed E-state index contributed by atoms with van der Waals surface area (Å²) in [5, 5.41) is 11.4. The molecule has 92 valence electrons. The van der Waals surface area contributed by atoms with Crippen molar-refractivity contribution in [2.24, 2.45) is 0 Å². The molecule has 1 atom stereocenters. The molecule has 0 aromatic carbocycles. The summed E-state index contributed by atoms with van der Waals surface area (Å²) in [6.45, 7) is 5.06. The zero-order valence-corrected chi connectivity index (χ0v) is 9.16. The molecule has 0 amide bonds. The minimum Gasteiger partial charge on any atom is -0.550 e. The van der Waals surface area contributed by atoms with Crippen LogP contribution < -0.4 is 10.4 Å². The summed E-state index contributed by atoms with van der Waals surface area (Å²) in [7, 11) is 0. The fraction of sp³-hybridized carbons (Fsp3) is 0.889. The number of hydrogen-bond donors (Lipinski definition) is 1. The van der Waals surface area contributed by atoms with Crippen molar-refractivity contribution in [1.29, 1.82) is 0 Å². The molecule has 0 aromatic rings. The van der Waals surface area contributed by atoms with Gasteiger partial charge < -0.3 is 26.2 Å². The second-order valence-corrected chi connectivity index (χ2v) is 3.62. The van der Waals surface area contributed by atoms with Gasteiger partial charge in [0.15, 0.2) is 0 Å². The van der Waals surface area contributed by atoms with Gasteiger partial charge in [0.1, 0.15) is 6.17 Å². The molecule has 2 rings (SSSR count). The Kier molecular flexibility index (Phi) is 9.60. The third kappa shape index (κ3) is 6.40. The Balaban J connectivity index is 0. The highest BCUT2D eigenvalue weighted by Crippen LogP contribution is 2.13. The summed E-state index contributed by atoms with van der Waals surface area (Å²) in [5.41, 5.74) is 0. The van der Waals surface area contributed by atoms with E-state index in [-0.39, 0.29) is 11.0 Å². The molecule has 6 heteroatoms. The van der Waals surface area contributed by atoms with Gasteiger partial charge in [-0.15, -0.1) is 0 Å². The molecule has 15 heavy (non-hydrogen) atoms. The van der Waals surface area contributed by atoms with Gasteiger partial charge in [-0.2, -0.15) is 0 Å². The number of rotatable bonds is 0. The number of carboxylic acid groups (broad SMARTS) is 1. The van der Waals surface area contributed by atoms with E-state index >= 15 is 0 Å². The van der Waals surface area contributed by atoms with Crippen LogP contribution in [0.3, 0.4) is 0 Å². The van der Waals surface area contributed by atoms with Crippen LogP contribution in [-0.4, -0.2) is 47.6 Å². The van der Waals surface area contributed by atoms with Crippen LogP contribution in [0.25, 0.3) is 0 Å². The molecule has 0 saturated carbocycles. The quantitative estimate of drug-likeness (QED) is 0.457. The highest BCUT2D eigenvalue weighted by Gasteiger charge is 2.29. The summed E-state index contributed by atoms with van der Waals surface area (Å²) in [6.07, 6.45) is 5.14. The molecule has 2 fully saturated rings. The van der Waals surface area contributed by atoms with Crippen LogP contribution in [0.4, 0.5) is 0 Å². The second-order valence-electron chi connectivity index (χ2n) is 3.62. The first-order valence-electron chi connectivity index (χ1n) is 4.95. The zero-order valence-electron chi connectivity index (χ0n) is 9.16. The molecule has 6 nitrogen and oxygen atoms in total. The first-order chi connectivity index (χ1) is 6.20. The van der Waals surface area contributed by atoms with E-state index < -0.39 is 5.97 Å². The molecular formula is C9H22N2O4. The topological polar surface area (TPSA) is 123 Å². The summed E-state index contributed by atoms with van der Waals surface area (Å²) in [4.78, 5) is 11.5. The molecule has 0 aromatic heterocycles. The van der Waals surface area contributed by atoms with Crippen molar-refractivity contribution < 1.29 is 26.2 Å². The number of fused-ring (bicyclic) bond motifs is 1. The van der Waals surface area contributed by atoms with Crippen LogP contribution in [0.1, 0.15) is 26.2 Å². The molecule has 0 radical (unpaired) electrons. The number of quaternary nitrogens is 1. The van der Waals surface area contributed by atoms with Crippen molar-refractivity contribution in [3.05, 3.63) is 0 Å². The van der Waals surface area contributed by atoms with Gasteiger partial charge >= 0.3 is 0 Å². The fourth-order valence-electron chi connectivity index (χ4n) is 2.00. The zero-order chi connectivity index (χ0) is 9.68. The molecule has 0 bridgehead atoms. The summed E-state index contributed by atoms with van der Waals surface area (Å²) >= 11 is 0. The number of aliphatic carboxylic acids is 1. The highest BCUT2D eigenvalue weighted by molar-refractivity contribution is 5.60. The third-order valence-electron chi connectivity index (χ3n) is 2.50. The van der Waals surface area contributed by atoms with Crippen LogP contribution in [0.5, 0.6) is 0 Å². The molecule has 0 aliphatic carbocycles. The molecule has 2 aliphatic rings. The van der Waals surface area contributed by atoms with Gasteiger partial charge in [0.25, 0.3) is 0 Å². The molecule has 2 aliphatic heterocycles. The summed E-state index contributed by atoms with van der Waals surface area (Å²) in [6, 6.07) is 0. The van der Waals surface area contributed by atoms with Crippen molar-refractivity contribution >= 4 is 5.97 Å². The van der Waals surface area contributed by atoms with Gasteiger partial charge in [-0.05, 0) is 13.3 Å². The molecular weight excluding hydrogens is 200 g/mol. The maximum absolute atomic E-state index is 8.89.